The lowest BCUT2D eigenvalue weighted by Crippen LogP contribution is -2.49. The first-order valence-corrected chi connectivity index (χ1v) is 10.9. The third kappa shape index (κ3) is 8.75. The second-order valence-electron chi connectivity index (χ2n) is 8.10. The van der Waals surface area contributed by atoms with Crippen molar-refractivity contribution in [3.05, 3.63) is 29.3 Å². The minimum atomic E-state index is -0.0375. The number of aliphatic imine (C=N–C) groups is 1. The number of halogens is 1. The van der Waals surface area contributed by atoms with Crippen molar-refractivity contribution in [1.29, 1.82) is 0 Å². The summed E-state index contributed by atoms with van der Waals surface area (Å²) < 4.78 is 16.5. The zero-order chi connectivity index (χ0) is 21.8. The number of guanidine groups is 1. The Morgan fingerprint density at radius 3 is 2.58 bits per heavy atom. The molecule has 1 aromatic rings. The van der Waals surface area contributed by atoms with Gasteiger partial charge in [0.1, 0.15) is 5.75 Å². The first-order chi connectivity index (χ1) is 14.5. The summed E-state index contributed by atoms with van der Waals surface area (Å²) in [5.74, 6) is 1.78. The Morgan fingerprint density at radius 1 is 1.19 bits per heavy atom. The van der Waals surface area contributed by atoms with Crippen molar-refractivity contribution < 1.29 is 14.2 Å². The van der Waals surface area contributed by atoms with Crippen LogP contribution < -0.4 is 15.4 Å². The van der Waals surface area contributed by atoms with Crippen LogP contribution in [0.5, 0.6) is 5.75 Å². The van der Waals surface area contributed by atoms with Gasteiger partial charge in [0.2, 0.25) is 0 Å². The quantitative estimate of drug-likeness (QED) is 0.192. The highest BCUT2D eigenvalue weighted by Gasteiger charge is 2.37. The predicted octanol–water partition coefficient (Wildman–Crippen LogP) is 2.80. The van der Waals surface area contributed by atoms with Gasteiger partial charge in [0.25, 0.3) is 0 Å². The van der Waals surface area contributed by atoms with Gasteiger partial charge in [-0.2, -0.15) is 0 Å². The van der Waals surface area contributed by atoms with E-state index in [4.69, 9.17) is 14.2 Å². The van der Waals surface area contributed by atoms with Crippen molar-refractivity contribution in [2.45, 2.75) is 31.6 Å². The molecule has 1 saturated heterocycles. The molecule has 0 amide bonds. The van der Waals surface area contributed by atoms with Gasteiger partial charge >= 0.3 is 0 Å². The number of aryl methyl sites for hydroxylation is 1. The van der Waals surface area contributed by atoms with E-state index < -0.39 is 0 Å². The van der Waals surface area contributed by atoms with Crippen molar-refractivity contribution >= 4 is 29.9 Å². The van der Waals surface area contributed by atoms with Gasteiger partial charge in [-0.05, 0) is 39.3 Å². The van der Waals surface area contributed by atoms with Crippen LogP contribution in [0.4, 0.5) is 0 Å². The lowest BCUT2D eigenvalue weighted by molar-refractivity contribution is 0.0505. The summed E-state index contributed by atoms with van der Waals surface area (Å²) in [6.07, 6.45) is 2.96. The molecule has 1 aliphatic rings. The molecule has 0 aliphatic carbocycles. The Kier molecular flexibility index (Phi) is 13.4. The molecule has 0 spiro atoms. The zero-order valence-corrected chi connectivity index (χ0v) is 22.2. The normalized spacial score (nSPS) is 16.0. The van der Waals surface area contributed by atoms with Crippen LogP contribution in [0.2, 0.25) is 0 Å². The highest BCUT2D eigenvalue weighted by molar-refractivity contribution is 14.0. The van der Waals surface area contributed by atoms with Gasteiger partial charge in [-0.15, -0.1) is 24.0 Å². The molecular formula is C23H41IN4O3. The molecule has 7 nitrogen and oxygen atoms in total. The van der Waals surface area contributed by atoms with Gasteiger partial charge in [-0.25, -0.2) is 0 Å². The van der Waals surface area contributed by atoms with Gasteiger partial charge in [0, 0.05) is 71.1 Å². The fraction of sp³-hybridized carbons (Fsp3) is 0.696. The zero-order valence-electron chi connectivity index (χ0n) is 19.8. The summed E-state index contributed by atoms with van der Waals surface area (Å²) >= 11 is 0. The minimum absolute atomic E-state index is 0. The maximum Gasteiger partial charge on any atom is 0.191 e. The van der Waals surface area contributed by atoms with E-state index in [1.807, 2.05) is 7.05 Å². The largest absolute Gasteiger partial charge is 0.496 e. The highest BCUT2D eigenvalue weighted by atomic mass is 127. The van der Waals surface area contributed by atoms with Crippen molar-refractivity contribution in [1.82, 2.24) is 15.5 Å². The average molecular weight is 549 g/mol. The maximum absolute atomic E-state index is 5.71. The van der Waals surface area contributed by atoms with Crippen LogP contribution in [0.25, 0.3) is 0 Å². The summed E-state index contributed by atoms with van der Waals surface area (Å²) in [4.78, 5) is 6.73. The van der Waals surface area contributed by atoms with Crippen molar-refractivity contribution in [3.63, 3.8) is 0 Å². The summed E-state index contributed by atoms with van der Waals surface area (Å²) in [6.45, 7) is 8.07. The number of benzene rings is 1. The van der Waals surface area contributed by atoms with E-state index in [0.717, 1.165) is 77.0 Å². The minimum Gasteiger partial charge on any atom is -0.496 e. The van der Waals surface area contributed by atoms with Gasteiger partial charge < -0.3 is 29.7 Å². The van der Waals surface area contributed by atoms with E-state index in [0.29, 0.717) is 0 Å². The molecule has 31 heavy (non-hydrogen) atoms. The molecule has 2 N–H and O–H groups in total. The maximum atomic E-state index is 5.71. The molecule has 0 atom stereocenters. The van der Waals surface area contributed by atoms with Crippen molar-refractivity contribution in [2.75, 3.05) is 74.3 Å². The Bertz CT molecular complexity index is 666. The fourth-order valence-corrected chi connectivity index (χ4v) is 3.97. The Balaban J connectivity index is 0.00000480. The summed E-state index contributed by atoms with van der Waals surface area (Å²) in [5.41, 5.74) is 2.47. The molecule has 0 unspecified atom stereocenters. The number of likely N-dealkylation sites (N-methyl/N-ethyl adjacent to an activating group) is 1. The average Bonchev–Trinajstić information content (AvgIpc) is 2.77. The molecule has 0 radical (unpaired) electrons. The molecular weight excluding hydrogens is 507 g/mol. The monoisotopic (exact) mass is 548 g/mol. The number of methoxy groups -OCH3 is 2. The summed E-state index contributed by atoms with van der Waals surface area (Å²) in [5, 5.41) is 7.01. The summed E-state index contributed by atoms with van der Waals surface area (Å²) in [6, 6.07) is 6.44. The van der Waals surface area contributed by atoms with E-state index in [1.54, 1.807) is 14.2 Å². The molecule has 8 heteroatoms. The second kappa shape index (κ2) is 14.9. The molecule has 0 bridgehead atoms. The smallest absolute Gasteiger partial charge is 0.191 e. The van der Waals surface area contributed by atoms with E-state index in [2.05, 4.69) is 52.7 Å². The number of hydrogen-bond acceptors (Lipinski definition) is 5. The Morgan fingerprint density at radius 2 is 1.94 bits per heavy atom. The molecule has 2 rings (SSSR count). The number of ether oxygens (including phenoxy) is 3. The second-order valence-corrected chi connectivity index (χ2v) is 8.10. The van der Waals surface area contributed by atoms with Crippen LogP contribution in [-0.4, -0.2) is 85.2 Å². The van der Waals surface area contributed by atoms with Crippen LogP contribution in [0, 0.1) is 6.92 Å². The molecule has 0 saturated carbocycles. The standard InChI is InChI=1S/C23H40N4O3.HI/c1-19-7-8-21(29-5)20(17-19)23(9-15-30-16-10-23)18-26-22(24-2)25-11-13-27(3)12-6-14-28-4;/h7-8,17H,6,9-16,18H2,1-5H3,(H2,24,25,26);1H. The van der Waals surface area contributed by atoms with Crippen LogP contribution in [0.3, 0.4) is 0 Å². The molecule has 1 fully saturated rings. The number of rotatable bonds is 11. The Labute approximate surface area is 205 Å². The van der Waals surface area contributed by atoms with Crippen molar-refractivity contribution in [2.24, 2.45) is 4.99 Å². The van der Waals surface area contributed by atoms with Crippen LogP contribution in [-0.2, 0) is 14.9 Å². The first kappa shape index (κ1) is 27.9. The van der Waals surface area contributed by atoms with Crippen molar-refractivity contribution in [3.8, 4) is 5.75 Å². The van der Waals surface area contributed by atoms with Gasteiger partial charge in [-0.1, -0.05) is 17.7 Å². The fourth-order valence-electron chi connectivity index (χ4n) is 3.97. The highest BCUT2D eigenvalue weighted by Crippen LogP contribution is 2.40. The SMILES string of the molecule is CN=C(NCCN(C)CCCOC)NCC1(c2cc(C)ccc2OC)CCOCC1.I. The van der Waals surface area contributed by atoms with Crippen LogP contribution >= 0.6 is 24.0 Å². The van der Waals surface area contributed by atoms with E-state index in [9.17, 15) is 0 Å². The molecule has 1 heterocycles. The number of nitrogens with zero attached hydrogens (tertiary/aromatic N) is 2. The lowest BCUT2D eigenvalue weighted by atomic mass is 9.73. The molecule has 0 aromatic heterocycles. The van der Waals surface area contributed by atoms with Gasteiger partial charge in [0.05, 0.1) is 7.11 Å². The summed E-state index contributed by atoms with van der Waals surface area (Å²) in [7, 11) is 7.45. The first-order valence-electron chi connectivity index (χ1n) is 10.9. The molecule has 178 valence electrons. The third-order valence-corrected chi connectivity index (χ3v) is 5.87. The Hall–Kier alpha value is -1.10. The number of nitrogens with one attached hydrogen (secondary N) is 2. The van der Waals surface area contributed by atoms with Crippen LogP contribution in [0.15, 0.2) is 23.2 Å². The third-order valence-electron chi connectivity index (χ3n) is 5.87. The van der Waals surface area contributed by atoms with Gasteiger partial charge in [-0.3, -0.25) is 4.99 Å². The van der Waals surface area contributed by atoms with Gasteiger partial charge in [0.15, 0.2) is 5.96 Å². The van der Waals surface area contributed by atoms with E-state index in [1.165, 1.54) is 11.1 Å². The predicted molar refractivity (Wildman–Crippen MR) is 138 cm³/mol. The number of hydrogen-bond donors (Lipinski definition) is 2. The topological polar surface area (TPSA) is 67.4 Å². The molecule has 1 aromatic carbocycles. The lowest BCUT2D eigenvalue weighted by Gasteiger charge is -2.39. The van der Waals surface area contributed by atoms with E-state index in [-0.39, 0.29) is 29.4 Å². The molecule has 1 aliphatic heterocycles. The van der Waals surface area contributed by atoms with Crippen LogP contribution in [0.1, 0.15) is 30.4 Å². The van der Waals surface area contributed by atoms with E-state index >= 15 is 0 Å².